The number of allylic oxidation sites excluding steroid dienone is 1. The van der Waals surface area contributed by atoms with Gasteiger partial charge in [0.25, 0.3) is 0 Å². The van der Waals surface area contributed by atoms with Crippen LogP contribution in [0, 0.1) is 0 Å². The Balaban J connectivity index is 2.36. The fourth-order valence-electron chi connectivity index (χ4n) is 1.04. The van der Waals surface area contributed by atoms with Gasteiger partial charge in [0.1, 0.15) is 7.11 Å². The Morgan fingerprint density at radius 1 is 1.78 bits per heavy atom. The normalized spacial score (nSPS) is 27.7. The van der Waals surface area contributed by atoms with Gasteiger partial charge in [-0.05, 0) is 6.08 Å². The predicted molar refractivity (Wildman–Crippen MR) is 36.5 cm³/mol. The zero-order valence-corrected chi connectivity index (χ0v) is 5.67. The van der Waals surface area contributed by atoms with E-state index in [2.05, 4.69) is 4.74 Å². The quantitative estimate of drug-likeness (QED) is 0.529. The van der Waals surface area contributed by atoms with E-state index in [9.17, 15) is 0 Å². The molecule has 1 aliphatic carbocycles. The van der Waals surface area contributed by atoms with Crippen LogP contribution >= 0.6 is 0 Å². The lowest BCUT2D eigenvalue weighted by Gasteiger charge is -2.13. The number of ether oxygens (including phenoxy) is 1. The largest absolute Gasteiger partial charge is 0.513 e. The molecule has 0 bridgehead atoms. The molecule has 0 saturated heterocycles. The molecule has 0 aliphatic heterocycles. The molecule has 2 N–H and O–H groups in total. The molecule has 0 heterocycles. The van der Waals surface area contributed by atoms with Crippen molar-refractivity contribution in [2.45, 2.75) is 25.4 Å². The Morgan fingerprint density at radius 2 is 2.56 bits per heavy atom. The van der Waals surface area contributed by atoms with Crippen LogP contribution in [-0.4, -0.2) is 23.1 Å². The van der Waals surface area contributed by atoms with Crippen molar-refractivity contribution in [2.24, 2.45) is 0 Å². The second-order valence-electron chi connectivity index (χ2n) is 2.38. The van der Waals surface area contributed by atoms with Gasteiger partial charge in [-0.3, -0.25) is 0 Å². The Kier molecular flexibility index (Phi) is 2.11. The first-order chi connectivity index (χ1) is 4.33. The van der Waals surface area contributed by atoms with Crippen LogP contribution in [0.2, 0.25) is 0 Å². The Labute approximate surface area is 55.1 Å². The maximum Gasteiger partial charge on any atom is 0.158 e. The summed E-state index contributed by atoms with van der Waals surface area (Å²) in [5.41, 5.74) is 0. The van der Waals surface area contributed by atoms with Crippen LogP contribution in [0.5, 0.6) is 0 Å². The molecule has 0 aromatic rings. The first-order valence-electron chi connectivity index (χ1n) is 3.30. The second kappa shape index (κ2) is 2.87. The smallest absolute Gasteiger partial charge is 0.158 e. The van der Waals surface area contributed by atoms with Crippen molar-refractivity contribution >= 4 is 0 Å². The maximum atomic E-state index is 8.94. The van der Waals surface area contributed by atoms with Crippen molar-refractivity contribution in [3.8, 4) is 0 Å². The Bertz CT molecular complexity index is 118. The minimum atomic E-state index is 0.459. The van der Waals surface area contributed by atoms with E-state index in [0.717, 1.165) is 19.3 Å². The van der Waals surface area contributed by atoms with Gasteiger partial charge in [0.15, 0.2) is 6.10 Å². The lowest BCUT2D eigenvalue weighted by molar-refractivity contribution is -0.0664. The number of aliphatic hydroxyl groups excluding tert-OH is 1. The van der Waals surface area contributed by atoms with E-state index in [1.54, 1.807) is 0 Å². The summed E-state index contributed by atoms with van der Waals surface area (Å²) in [6.07, 6.45) is 5.06. The lowest BCUT2D eigenvalue weighted by atomic mass is 10.0. The molecule has 2 heteroatoms. The van der Waals surface area contributed by atoms with Crippen LogP contribution in [0.15, 0.2) is 11.8 Å². The molecule has 0 spiro atoms. The maximum absolute atomic E-state index is 8.94. The molecule has 0 aromatic heterocycles. The summed E-state index contributed by atoms with van der Waals surface area (Å²) < 4.78 is 4.13. The molecule has 2 nitrogen and oxygen atoms in total. The van der Waals surface area contributed by atoms with Gasteiger partial charge < -0.3 is 9.84 Å². The summed E-state index contributed by atoms with van der Waals surface area (Å²) in [7, 11) is 1.83. The van der Waals surface area contributed by atoms with Crippen molar-refractivity contribution in [1.82, 2.24) is 0 Å². The van der Waals surface area contributed by atoms with Gasteiger partial charge in [0.05, 0.1) is 5.76 Å². The lowest BCUT2D eigenvalue weighted by Crippen LogP contribution is -2.16. The van der Waals surface area contributed by atoms with Crippen LogP contribution < -0.4 is 0 Å². The summed E-state index contributed by atoms with van der Waals surface area (Å²) in [6, 6.07) is 0. The van der Waals surface area contributed by atoms with Gasteiger partial charge >= 0.3 is 0 Å². The third kappa shape index (κ3) is 1.72. The summed E-state index contributed by atoms with van der Waals surface area (Å²) in [4.78, 5) is 0. The molecule has 52 valence electrons. The number of hydrogen-bond donors (Lipinski definition) is 1. The highest BCUT2D eigenvalue weighted by atomic mass is 16.5. The van der Waals surface area contributed by atoms with Crippen LogP contribution in [-0.2, 0) is 0 Å². The van der Waals surface area contributed by atoms with Gasteiger partial charge in [0.2, 0.25) is 0 Å². The van der Waals surface area contributed by atoms with E-state index in [-0.39, 0.29) is 0 Å². The summed E-state index contributed by atoms with van der Waals surface area (Å²) in [6.45, 7) is 0. The fourth-order valence-corrected chi connectivity index (χ4v) is 1.04. The average molecular weight is 129 g/mol. The van der Waals surface area contributed by atoms with E-state index in [1.807, 2.05) is 13.2 Å². The van der Waals surface area contributed by atoms with Crippen LogP contribution in [0.3, 0.4) is 0 Å². The first kappa shape index (κ1) is 6.62. The van der Waals surface area contributed by atoms with Gasteiger partial charge in [-0.15, -0.1) is 0 Å². The van der Waals surface area contributed by atoms with Gasteiger partial charge in [-0.25, -0.2) is 0 Å². The van der Waals surface area contributed by atoms with E-state index < -0.39 is 0 Å². The highest BCUT2D eigenvalue weighted by Crippen LogP contribution is 2.16. The summed E-state index contributed by atoms with van der Waals surface area (Å²) in [5.74, 6) is 0.537. The molecule has 9 heavy (non-hydrogen) atoms. The van der Waals surface area contributed by atoms with Crippen molar-refractivity contribution < 1.29 is 9.84 Å². The van der Waals surface area contributed by atoms with Crippen molar-refractivity contribution in [3.63, 3.8) is 0 Å². The van der Waals surface area contributed by atoms with Gasteiger partial charge in [-0.2, -0.15) is 0 Å². The van der Waals surface area contributed by atoms with E-state index in [4.69, 9.17) is 5.11 Å². The van der Waals surface area contributed by atoms with Crippen molar-refractivity contribution in [1.29, 1.82) is 0 Å². The van der Waals surface area contributed by atoms with Gasteiger partial charge in [0, 0.05) is 19.3 Å². The first-order valence-corrected chi connectivity index (χ1v) is 3.30. The van der Waals surface area contributed by atoms with E-state index >= 15 is 0 Å². The van der Waals surface area contributed by atoms with Gasteiger partial charge in [-0.1, -0.05) is 0 Å². The van der Waals surface area contributed by atoms with Crippen LogP contribution in [0.1, 0.15) is 19.3 Å². The standard InChI is InChI=1S/C7H12O2/c1-9-7-4-2-6(8)3-5-7/h2,7-8H,3-5H2,1H3/p+1. The monoisotopic (exact) mass is 129 g/mol. The topological polar surface area (TPSA) is 33.0 Å². The molecule has 0 saturated carbocycles. The number of rotatable bonds is 1. The molecule has 1 aliphatic rings. The zero-order valence-electron chi connectivity index (χ0n) is 5.67. The minimum Gasteiger partial charge on any atom is -0.513 e. The zero-order chi connectivity index (χ0) is 6.69. The molecule has 0 radical (unpaired) electrons. The highest BCUT2D eigenvalue weighted by molar-refractivity contribution is 4.97. The molecule has 1 unspecified atom stereocenters. The average Bonchev–Trinajstić information content (AvgIpc) is 1.90. The molecule has 0 fully saturated rings. The molecule has 0 aromatic carbocycles. The van der Waals surface area contributed by atoms with Crippen molar-refractivity contribution in [2.75, 3.05) is 7.11 Å². The third-order valence-electron chi connectivity index (χ3n) is 1.72. The number of aliphatic hydroxyl groups is 3. The SMILES string of the molecule is C[OH+]C1CC=C(O)CC1. The van der Waals surface area contributed by atoms with E-state index in [1.165, 1.54) is 0 Å². The summed E-state index contributed by atoms with van der Waals surface area (Å²) >= 11 is 0. The van der Waals surface area contributed by atoms with Crippen LogP contribution in [0.25, 0.3) is 0 Å². The van der Waals surface area contributed by atoms with Crippen molar-refractivity contribution in [3.05, 3.63) is 11.8 Å². The second-order valence-corrected chi connectivity index (χ2v) is 2.38. The third-order valence-corrected chi connectivity index (χ3v) is 1.72. The molecular weight excluding hydrogens is 116 g/mol. The molecular formula is C7H13O2+. The van der Waals surface area contributed by atoms with Crippen LogP contribution in [0.4, 0.5) is 0 Å². The minimum absolute atomic E-state index is 0.459. The van der Waals surface area contributed by atoms with E-state index in [0.29, 0.717) is 11.9 Å². The fraction of sp³-hybridized carbons (Fsp3) is 0.714. The molecule has 1 atom stereocenters. The molecule has 1 rings (SSSR count). The Morgan fingerprint density at radius 3 is 3.00 bits per heavy atom. The highest BCUT2D eigenvalue weighted by Gasteiger charge is 2.15. The molecule has 0 amide bonds. The predicted octanol–water partition coefficient (Wildman–Crippen LogP) is 1.14. The Hall–Kier alpha value is -0.500. The number of hydrogen-bond acceptors (Lipinski definition) is 1. The summed E-state index contributed by atoms with van der Waals surface area (Å²) in [5, 5.41) is 8.94.